The largest absolute Gasteiger partial charge is 0.337 e. The van der Waals surface area contributed by atoms with Gasteiger partial charge in [-0.2, -0.15) is 5.10 Å². The third-order valence-electron chi connectivity index (χ3n) is 4.50. The minimum atomic E-state index is 0.0602. The van der Waals surface area contributed by atoms with Crippen molar-refractivity contribution >= 4 is 5.91 Å². The molecular weight excluding hydrogens is 252 g/mol. The van der Waals surface area contributed by atoms with Gasteiger partial charge in [0.1, 0.15) is 5.69 Å². The highest BCUT2D eigenvalue weighted by molar-refractivity contribution is 5.92. The number of aryl methyl sites for hydroxylation is 2. The Labute approximate surface area is 121 Å². The minimum Gasteiger partial charge on any atom is -0.337 e. The van der Waals surface area contributed by atoms with Crippen LogP contribution in [0, 0.1) is 5.92 Å². The van der Waals surface area contributed by atoms with Gasteiger partial charge in [0, 0.05) is 20.1 Å². The summed E-state index contributed by atoms with van der Waals surface area (Å²) in [7, 11) is 3.74. The summed E-state index contributed by atoms with van der Waals surface area (Å²) in [5.41, 5.74) is 7.50. The van der Waals surface area contributed by atoms with Crippen molar-refractivity contribution in [1.82, 2.24) is 14.7 Å². The molecule has 1 aromatic rings. The Morgan fingerprint density at radius 2 is 2.20 bits per heavy atom. The molecule has 0 radical (unpaired) electrons. The number of hydrogen-bond donors (Lipinski definition) is 1. The zero-order chi connectivity index (χ0) is 14.7. The minimum absolute atomic E-state index is 0.0602. The van der Waals surface area contributed by atoms with Crippen molar-refractivity contribution in [3.63, 3.8) is 0 Å². The van der Waals surface area contributed by atoms with E-state index in [0.29, 0.717) is 18.2 Å². The van der Waals surface area contributed by atoms with Gasteiger partial charge >= 0.3 is 0 Å². The highest BCUT2D eigenvalue weighted by atomic mass is 16.2. The Morgan fingerprint density at radius 3 is 2.80 bits per heavy atom. The van der Waals surface area contributed by atoms with Crippen LogP contribution in [0.5, 0.6) is 0 Å². The summed E-state index contributed by atoms with van der Waals surface area (Å²) >= 11 is 0. The van der Waals surface area contributed by atoms with Crippen molar-refractivity contribution in [3.8, 4) is 0 Å². The fourth-order valence-corrected chi connectivity index (χ4v) is 3.20. The van der Waals surface area contributed by atoms with E-state index in [0.717, 1.165) is 25.0 Å². The number of aromatic nitrogens is 2. The Morgan fingerprint density at radius 1 is 1.50 bits per heavy atom. The maximum Gasteiger partial charge on any atom is 0.272 e. The van der Waals surface area contributed by atoms with Crippen LogP contribution in [0.15, 0.2) is 6.07 Å². The van der Waals surface area contributed by atoms with Gasteiger partial charge in [-0.15, -0.1) is 0 Å². The molecule has 2 unspecified atom stereocenters. The first kappa shape index (κ1) is 15.0. The van der Waals surface area contributed by atoms with Crippen LogP contribution in [0.25, 0.3) is 0 Å². The van der Waals surface area contributed by atoms with Gasteiger partial charge in [0.2, 0.25) is 0 Å². The number of rotatable bonds is 4. The quantitative estimate of drug-likeness (QED) is 0.909. The summed E-state index contributed by atoms with van der Waals surface area (Å²) in [4.78, 5) is 14.6. The number of carbonyl (C=O) groups excluding carboxylic acids is 1. The molecule has 2 rings (SSSR count). The summed E-state index contributed by atoms with van der Waals surface area (Å²) in [6.07, 6.45) is 5.45. The van der Waals surface area contributed by atoms with Crippen molar-refractivity contribution < 1.29 is 4.79 Å². The third kappa shape index (κ3) is 2.87. The number of nitrogens with two attached hydrogens (primary N) is 1. The molecule has 1 fully saturated rings. The van der Waals surface area contributed by atoms with Crippen LogP contribution in [0.4, 0.5) is 0 Å². The molecule has 2 atom stereocenters. The van der Waals surface area contributed by atoms with Crippen molar-refractivity contribution in [2.45, 2.75) is 45.1 Å². The smallest absolute Gasteiger partial charge is 0.272 e. The Hall–Kier alpha value is -1.36. The lowest BCUT2D eigenvalue weighted by molar-refractivity contribution is 0.0609. The molecule has 1 aromatic heterocycles. The summed E-state index contributed by atoms with van der Waals surface area (Å²) in [5, 5.41) is 4.36. The van der Waals surface area contributed by atoms with Crippen LogP contribution in [-0.4, -0.2) is 40.2 Å². The fourth-order valence-electron chi connectivity index (χ4n) is 3.20. The van der Waals surface area contributed by atoms with Gasteiger partial charge in [0.15, 0.2) is 0 Å². The van der Waals surface area contributed by atoms with E-state index in [-0.39, 0.29) is 11.9 Å². The second kappa shape index (κ2) is 6.39. The molecule has 0 bridgehead atoms. The van der Waals surface area contributed by atoms with E-state index < -0.39 is 0 Å². The summed E-state index contributed by atoms with van der Waals surface area (Å²) in [6.45, 7) is 2.71. The molecule has 5 nitrogen and oxygen atoms in total. The molecule has 1 heterocycles. The Kier molecular flexibility index (Phi) is 4.81. The lowest BCUT2D eigenvalue weighted by atomic mass is 9.83. The van der Waals surface area contributed by atoms with E-state index in [1.807, 2.05) is 32.0 Å². The van der Waals surface area contributed by atoms with Crippen molar-refractivity contribution in [3.05, 3.63) is 17.5 Å². The molecule has 20 heavy (non-hydrogen) atoms. The van der Waals surface area contributed by atoms with Gasteiger partial charge in [-0.3, -0.25) is 9.48 Å². The topological polar surface area (TPSA) is 64.2 Å². The van der Waals surface area contributed by atoms with E-state index in [4.69, 9.17) is 5.73 Å². The van der Waals surface area contributed by atoms with Crippen LogP contribution in [0.3, 0.4) is 0 Å². The predicted octanol–water partition coefficient (Wildman–Crippen LogP) is 1.57. The summed E-state index contributed by atoms with van der Waals surface area (Å²) < 4.78 is 1.69. The number of nitrogens with zero attached hydrogens (tertiary/aromatic N) is 3. The Balaban J connectivity index is 2.16. The normalized spacial score (nSPS) is 22.8. The van der Waals surface area contributed by atoms with Crippen LogP contribution in [-0.2, 0) is 13.5 Å². The lowest BCUT2D eigenvalue weighted by Gasteiger charge is -2.37. The summed E-state index contributed by atoms with van der Waals surface area (Å²) in [6, 6.07) is 2.17. The average Bonchev–Trinajstić information content (AvgIpc) is 2.86. The first-order valence-electron chi connectivity index (χ1n) is 7.58. The molecular formula is C15H26N4O. The fraction of sp³-hybridized carbons (Fsp3) is 0.733. The Bertz CT molecular complexity index is 468. The maximum absolute atomic E-state index is 12.7. The second-order valence-corrected chi connectivity index (χ2v) is 5.76. The van der Waals surface area contributed by atoms with E-state index in [1.54, 1.807) is 4.68 Å². The van der Waals surface area contributed by atoms with Crippen molar-refractivity contribution in [1.29, 1.82) is 0 Å². The number of hydrogen-bond acceptors (Lipinski definition) is 3. The SMILES string of the molecule is CCc1cc(C(=O)N(C)C2CCCCC2CN)n(C)n1. The molecule has 5 heteroatoms. The first-order valence-corrected chi connectivity index (χ1v) is 7.58. The zero-order valence-corrected chi connectivity index (χ0v) is 12.8. The standard InChI is InChI=1S/C15H26N4O/c1-4-12-9-14(19(3)17-12)15(20)18(2)13-8-6-5-7-11(13)10-16/h9,11,13H,4-8,10,16H2,1-3H3. The molecule has 0 aromatic carbocycles. The van der Waals surface area contributed by atoms with Gasteiger partial charge in [-0.1, -0.05) is 19.8 Å². The highest BCUT2D eigenvalue weighted by Gasteiger charge is 2.31. The molecule has 0 spiro atoms. The van der Waals surface area contributed by atoms with Gasteiger partial charge < -0.3 is 10.6 Å². The van der Waals surface area contributed by atoms with Crippen LogP contribution >= 0.6 is 0 Å². The zero-order valence-electron chi connectivity index (χ0n) is 12.8. The molecule has 1 aliphatic carbocycles. The van der Waals surface area contributed by atoms with Crippen molar-refractivity contribution in [2.75, 3.05) is 13.6 Å². The number of amides is 1. The van der Waals surface area contributed by atoms with Crippen molar-refractivity contribution in [2.24, 2.45) is 18.7 Å². The highest BCUT2D eigenvalue weighted by Crippen LogP contribution is 2.28. The van der Waals surface area contributed by atoms with Gasteiger partial charge in [0.05, 0.1) is 5.69 Å². The second-order valence-electron chi connectivity index (χ2n) is 5.76. The molecule has 1 amide bonds. The lowest BCUT2D eigenvalue weighted by Crippen LogP contribution is -2.46. The van der Waals surface area contributed by atoms with Crippen LogP contribution in [0.2, 0.25) is 0 Å². The molecule has 2 N–H and O–H groups in total. The molecule has 112 valence electrons. The van der Waals surface area contributed by atoms with E-state index in [9.17, 15) is 4.79 Å². The maximum atomic E-state index is 12.7. The molecule has 1 saturated carbocycles. The molecule has 0 aliphatic heterocycles. The summed E-state index contributed by atoms with van der Waals surface area (Å²) in [5.74, 6) is 0.488. The van der Waals surface area contributed by atoms with E-state index in [1.165, 1.54) is 12.8 Å². The predicted molar refractivity (Wildman–Crippen MR) is 79.5 cm³/mol. The molecule has 1 aliphatic rings. The first-order chi connectivity index (χ1) is 9.58. The van der Waals surface area contributed by atoms with Crippen LogP contribution < -0.4 is 5.73 Å². The van der Waals surface area contributed by atoms with Gasteiger partial charge in [-0.05, 0) is 37.8 Å². The van der Waals surface area contributed by atoms with E-state index in [2.05, 4.69) is 5.10 Å². The van der Waals surface area contributed by atoms with Gasteiger partial charge in [-0.25, -0.2) is 0 Å². The van der Waals surface area contributed by atoms with Gasteiger partial charge in [0.25, 0.3) is 5.91 Å². The third-order valence-corrected chi connectivity index (χ3v) is 4.50. The average molecular weight is 278 g/mol. The van der Waals surface area contributed by atoms with E-state index >= 15 is 0 Å². The number of carbonyl (C=O) groups is 1. The van der Waals surface area contributed by atoms with Crippen LogP contribution in [0.1, 0.15) is 48.8 Å². The monoisotopic (exact) mass is 278 g/mol. The molecule has 0 saturated heterocycles.